The van der Waals surface area contributed by atoms with Crippen molar-refractivity contribution in [2.24, 2.45) is 0 Å². The quantitative estimate of drug-likeness (QED) is 0.159. The molecule has 9 aromatic carbocycles. The fraction of sp³-hybridized carbons (Fsp3) is 0.0182. The Morgan fingerprint density at radius 3 is 1.24 bits per heavy atom. The summed E-state index contributed by atoms with van der Waals surface area (Å²) in [6.45, 7) is 0. The molecule has 0 aliphatic heterocycles. The first-order chi connectivity index (χ1) is 28.7. The number of para-hydroxylation sites is 4. The van der Waals surface area contributed by atoms with Crippen molar-refractivity contribution in [3.8, 4) is 44.8 Å². The summed E-state index contributed by atoms with van der Waals surface area (Å²) in [6, 6.07) is 79.2. The van der Waals surface area contributed by atoms with Crippen LogP contribution in [-0.2, 0) is 0 Å². The van der Waals surface area contributed by atoms with Gasteiger partial charge in [0.1, 0.15) is 0 Å². The standard InChI is InChI=1S/C55H39N3/c1-56(43-18-8-3-9-19-43)51-30-26-39(34-47(51)38-16-6-2-7-17-38)41-28-32-54-49(36-41)50-37-42(29-33-55(50)58(54)45-22-12-5-13-23-45)40-27-31-53-48(35-40)46-24-14-15-25-52(46)57(53)44-20-10-4-11-21-44/h2-37H,1H3. The lowest BCUT2D eigenvalue weighted by Crippen LogP contribution is -2.10. The largest absolute Gasteiger partial charge is 0.344 e. The zero-order valence-electron chi connectivity index (χ0n) is 32.1. The fourth-order valence-corrected chi connectivity index (χ4v) is 8.89. The molecule has 0 spiro atoms. The first kappa shape index (κ1) is 33.7. The Morgan fingerprint density at radius 1 is 0.310 bits per heavy atom. The van der Waals surface area contributed by atoms with Crippen molar-refractivity contribution in [2.45, 2.75) is 0 Å². The van der Waals surface area contributed by atoms with E-state index in [1.54, 1.807) is 0 Å². The van der Waals surface area contributed by atoms with E-state index in [1.807, 2.05) is 0 Å². The van der Waals surface area contributed by atoms with Crippen LogP contribution >= 0.6 is 0 Å². The summed E-state index contributed by atoms with van der Waals surface area (Å²) < 4.78 is 4.78. The van der Waals surface area contributed by atoms with Crippen LogP contribution in [0.3, 0.4) is 0 Å². The van der Waals surface area contributed by atoms with Gasteiger partial charge < -0.3 is 14.0 Å². The number of benzene rings is 9. The molecule has 11 aromatic rings. The molecule has 11 rings (SSSR count). The van der Waals surface area contributed by atoms with E-state index in [-0.39, 0.29) is 0 Å². The second kappa shape index (κ2) is 13.8. The lowest BCUT2D eigenvalue weighted by molar-refractivity contribution is 1.18. The average molecular weight is 742 g/mol. The second-order valence-electron chi connectivity index (χ2n) is 15.0. The summed E-state index contributed by atoms with van der Waals surface area (Å²) in [6.07, 6.45) is 0. The summed E-state index contributed by atoms with van der Waals surface area (Å²) in [4.78, 5) is 2.28. The Bertz CT molecular complexity index is 3270. The average Bonchev–Trinajstić information content (AvgIpc) is 3.81. The highest BCUT2D eigenvalue weighted by atomic mass is 15.1. The predicted octanol–water partition coefficient (Wildman–Crippen LogP) is 14.6. The predicted molar refractivity (Wildman–Crippen MR) is 246 cm³/mol. The van der Waals surface area contributed by atoms with E-state index in [1.165, 1.54) is 82.7 Å². The Kier molecular flexibility index (Phi) is 8.04. The highest BCUT2D eigenvalue weighted by Gasteiger charge is 2.18. The number of aromatic nitrogens is 2. The van der Waals surface area contributed by atoms with Crippen LogP contribution in [-0.4, -0.2) is 16.2 Å². The van der Waals surface area contributed by atoms with Gasteiger partial charge in [0.15, 0.2) is 0 Å². The van der Waals surface area contributed by atoms with Gasteiger partial charge in [0, 0.05) is 56.9 Å². The molecule has 0 N–H and O–H groups in total. The highest BCUT2D eigenvalue weighted by molar-refractivity contribution is 6.13. The molecule has 2 heterocycles. The van der Waals surface area contributed by atoms with Gasteiger partial charge in [-0.2, -0.15) is 0 Å². The van der Waals surface area contributed by atoms with Gasteiger partial charge in [-0.3, -0.25) is 0 Å². The molecule has 0 aliphatic rings. The second-order valence-corrected chi connectivity index (χ2v) is 15.0. The van der Waals surface area contributed by atoms with Crippen molar-refractivity contribution in [1.82, 2.24) is 9.13 Å². The minimum atomic E-state index is 1.15. The molecule has 0 aliphatic carbocycles. The zero-order valence-corrected chi connectivity index (χ0v) is 32.1. The normalized spacial score (nSPS) is 11.5. The van der Waals surface area contributed by atoms with Crippen molar-refractivity contribution in [2.75, 3.05) is 11.9 Å². The molecular formula is C55H39N3. The van der Waals surface area contributed by atoms with Crippen LogP contribution in [0.15, 0.2) is 218 Å². The molecule has 0 atom stereocenters. The molecule has 0 bridgehead atoms. The highest BCUT2D eigenvalue weighted by Crippen LogP contribution is 2.41. The lowest BCUT2D eigenvalue weighted by atomic mass is 9.95. The van der Waals surface area contributed by atoms with Gasteiger partial charge in [-0.25, -0.2) is 0 Å². The number of nitrogens with zero attached hydrogens (tertiary/aromatic N) is 3. The number of fused-ring (bicyclic) bond motifs is 6. The van der Waals surface area contributed by atoms with Crippen LogP contribution < -0.4 is 4.90 Å². The molecule has 0 amide bonds. The topological polar surface area (TPSA) is 13.1 Å². The maximum atomic E-state index is 2.40. The number of hydrogen-bond donors (Lipinski definition) is 0. The van der Waals surface area contributed by atoms with E-state index in [0.29, 0.717) is 0 Å². The van der Waals surface area contributed by atoms with Gasteiger partial charge in [-0.1, -0.05) is 127 Å². The third kappa shape index (κ3) is 5.59. The maximum absolute atomic E-state index is 2.40. The first-order valence-corrected chi connectivity index (χ1v) is 19.9. The number of rotatable bonds is 7. The molecule has 0 saturated carbocycles. The van der Waals surface area contributed by atoms with E-state index in [2.05, 4.69) is 239 Å². The van der Waals surface area contributed by atoms with E-state index in [4.69, 9.17) is 0 Å². The van der Waals surface area contributed by atoms with Gasteiger partial charge in [0.25, 0.3) is 0 Å². The van der Waals surface area contributed by atoms with E-state index < -0.39 is 0 Å². The Balaban J connectivity index is 1.09. The van der Waals surface area contributed by atoms with Gasteiger partial charge in [0.05, 0.1) is 22.1 Å². The van der Waals surface area contributed by atoms with Crippen LogP contribution in [0.25, 0.3) is 88.4 Å². The maximum Gasteiger partial charge on any atom is 0.0541 e. The minimum Gasteiger partial charge on any atom is -0.344 e. The monoisotopic (exact) mass is 741 g/mol. The molecule has 58 heavy (non-hydrogen) atoms. The van der Waals surface area contributed by atoms with Gasteiger partial charge >= 0.3 is 0 Å². The minimum absolute atomic E-state index is 1.15. The lowest BCUT2D eigenvalue weighted by Gasteiger charge is -2.24. The van der Waals surface area contributed by atoms with Crippen molar-refractivity contribution in [3.63, 3.8) is 0 Å². The summed E-state index contributed by atoms with van der Waals surface area (Å²) in [5, 5.41) is 4.97. The van der Waals surface area contributed by atoms with Crippen molar-refractivity contribution in [3.05, 3.63) is 218 Å². The fourth-order valence-electron chi connectivity index (χ4n) is 8.89. The van der Waals surface area contributed by atoms with Crippen LogP contribution in [0.5, 0.6) is 0 Å². The summed E-state index contributed by atoms with van der Waals surface area (Å²) >= 11 is 0. The number of anilines is 2. The van der Waals surface area contributed by atoms with Crippen molar-refractivity contribution in [1.29, 1.82) is 0 Å². The van der Waals surface area contributed by atoms with Crippen LogP contribution in [0.4, 0.5) is 11.4 Å². The molecule has 0 fully saturated rings. The third-order valence-electron chi connectivity index (χ3n) is 11.7. The summed E-state index contributed by atoms with van der Waals surface area (Å²) in [7, 11) is 2.15. The third-order valence-corrected chi connectivity index (χ3v) is 11.7. The van der Waals surface area contributed by atoms with E-state index >= 15 is 0 Å². The van der Waals surface area contributed by atoms with Crippen molar-refractivity contribution >= 4 is 55.0 Å². The SMILES string of the molecule is CN(c1ccccc1)c1ccc(-c2ccc3c(c2)c2cc(-c4ccc5c(c4)c4ccccc4n5-c4ccccc4)ccc2n3-c2ccccc2)cc1-c1ccccc1. The Hall–Kier alpha value is -7.62. The number of hydrogen-bond acceptors (Lipinski definition) is 1. The zero-order chi connectivity index (χ0) is 38.6. The van der Waals surface area contributed by atoms with Crippen LogP contribution in [0, 0.1) is 0 Å². The van der Waals surface area contributed by atoms with E-state index in [0.717, 1.165) is 17.1 Å². The molecule has 0 radical (unpaired) electrons. The molecule has 0 saturated heterocycles. The molecule has 0 unspecified atom stereocenters. The summed E-state index contributed by atoms with van der Waals surface area (Å²) in [5.41, 5.74) is 16.6. The van der Waals surface area contributed by atoms with Crippen LogP contribution in [0.2, 0.25) is 0 Å². The Morgan fingerprint density at radius 2 is 0.707 bits per heavy atom. The molecule has 2 aromatic heterocycles. The smallest absolute Gasteiger partial charge is 0.0541 e. The van der Waals surface area contributed by atoms with Gasteiger partial charge in [0.2, 0.25) is 0 Å². The van der Waals surface area contributed by atoms with Crippen molar-refractivity contribution < 1.29 is 0 Å². The van der Waals surface area contributed by atoms with Gasteiger partial charge in [-0.05, 0) is 119 Å². The van der Waals surface area contributed by atoms with Crippen LogP contribution in [0.1, 0.15) is 0 Å². The van der Waals surface area contributed by atoms with Gasteiger partial charge in [-0.15, -0.1) is 0 Å². The molecule has 274 valence electrons. The molecule has 3 heteroatoms. The molecule has 3 nitrogen and oxygen atoms in total. The summed E-state index contributed by atoms with van der Waals surface area (Å²) in [5.74, 6) is 0. The Labute approximate surface area is 337 Å². The molecular weight excluding hydrogens is 703 g/mol. The first-order valence-electron chi connectivity index (χ1n) is 19.9. The van der Waals surface area contributed by atoms with E-state index in [9.17, 15) is 0 Å².